The smallest absolute Gasteiger partial charge is 0.306 e. The van der Waals surface area contributed by atoms with E-state index >= 15 is 0 Å². The van der Waals surface area contributed by atoms with Crippen LogP contribution in [0.1, 0.15) is 367 Å². The summed E-state index contributed by atoms with van der Waals surface area (Å²) in [4.78, 5) is 38.0. The molecule has 0 aromatic rings. The Bertz CT molecular complexity index is 1180. The molecule has 0 aliphatic rings. The summed E-state index contributed by atoms with van der Waals surface area (Å²) in [5.74, 6) is -0.859. The molecule has 0 aromatic carbocycles. The fraction of sp³-hybridized carbons (Fsp3) is 0.896. The van der Waals surface area contributed by atoms with Crippen LogP contribution in [0.5, 0.6) is 0 Å². The zero-order valence-corrected chi connectivity index (χ0v) is 49.4. The van der Waals surface area contributed by atoms with Gasteiger partial charge in [-0.05, 0) is 51.4 Å². The van der Waals surface area contributed by atoms with E-state index in [1.165, 1.54) is 263 Å². The molecule has 73 heavy (non-hydrogen) atoms. The Morgan fingerprint density at radius 2 is 0.493 bits per heavy atom. The lowest BCUT2D eigenvalue weighted by molar-refractivity contribution is -0.167. The molecule has 0 aliphatic heterocycles. The molecule has 0 saturated heterocycles. The first-order valence-corrected chi connectivity index (χ1v) is 32.8. The van der Waals surface area contributed by atoms with Crippen molar-refractivity contribution < 1.29 is 28.6 Å². The molecule has 0 radical (unpaired) electrons. The number of esters is 3. The van der Waals surface area contributed by atoms with E-state index in [0.29, 0.717) is 19.3 Å². The standard InChI is InChI=1S/C67H126O6/c1-4-7-10-13-16-18-20-22-24-26-28-30-31-32-33-34-35-36-38-39-41-43-45-47-49-51-54-57-60-66(69)72-63-64(62-71-65(68)59-56-53-15-12-9-6-3)73-67(70)61-58-55-52-50-48-46-44-42-40-37-29-27-25-23-21-19-17-14-11-8-5-2/h21,23,27,29,64H,4-20,22,24-26,28,30-63H2,1-3H3/b23-21-,29-27-. The van der Waals surface area contributed by atoms with E-state index < -0.39 is 6.10 Å². The topological polar surface area (TPSA) is 78.9 Å². The van der Waals surface area contributed by atoms with Crippen molar-refractivity contribution in [3.05, 3.63) is 24.3 Å². The molecule has 0 aromatic heterocycles. The minimum absolute atomic E-state index is 0.0681. The predicted molar refractivity (Wildman–Crippen MR) is 316 cm³/mol. The predicted octanol–water partition coefficient (Wildman–Crippen LogP) is 22.2. The van der Waals surface area contributed by atoms with Crippen molar-refractivity contribution in [1.29, 1.82) is 0 Å². The van der Waals surface area contributed by atoms with Crippen LogP contribution in [-0.2, 0) is 28.6 Å². The SMILES string of the molecule is CCCCCCC/C=C\C/C=C\CCCCCCCCCCCC(=O)OC(COC(=O)CCCCCCCC)COC(=O)CCCCCCCCCCCCCCCCCCCCCCCCCCCCCC. The van der Waals surface area contributed by atoms with Crippen LogP contribution in [0.25, 0.3) is 0 Å². The van der Waals surface area contributed by atoms with Crippen LogP contribution in [-0.4, -0.2) is 37.2 Å². The zero-order valence-electron chi connectivity index (χ0n) is 49.4. The maximum absolute atomic E-state index is 12.8. The fourth-order valence-electron chi connectivity index (χ4n) is 10.0. The third-order valence-corrected chi connectivity index (χ3v) is 15.0. The van der Waals surface area contributed by atoms with Crippen LogP contribution in [0.2, 0.25) is 0 Å². The molecule has 0 heterocycles. The summed E-state index contributed by atoms with van der Waals surface area (Å²) in [6.45, 7) is 6.63. The zero-order chi connectivity index (χ0) is 52.9. The summed E-state index contributed by atoms with van der Waals surface area (Å²) in [5, 5.41) is 0. The fourth-order valence-corrected chi connectivity index (χ4v) is 10.0. The van der Waals surface area contributed by atoms with E-state index in [0.717, 1.165) is 64.2 Å². The van der Waals surface area contributed by atoms with Gasteiger partial charge in [0.25, 0.3) is 0 Å². The summed E-state index contributed by atoms with van der Waals surface area (Å²) < 4.78 is 16.8. The van der Waals surface area contributed by atoms with Crippen LogP contribution >= 0.6 is 0 Å². The van der Waals surface area contributed by atoms with Crippen LogP contribution in [0.4, 0.5) is 0 Å². The van der Waals surface area contributed by atoms with Crippen molar-refractivity contribution in [2.24, 2.45) is 0 Å². The van der Waals surface area contributed by atoms with Gasteiger partial charge in [0.05, 0.1) is 0 Å². The van der Waals surface area contributed by atoms with E-state index in [9.17, 15) is 14.4 Å². The van der Waals surface area contributed by atoms with Gasteiger partial charge in [0.2, 0.25) is 0 Å². The molecule has 0 spiro atoms. The number of unbranched alkanes of at least 4 members (excludes halogenated alkanes) is 46. The van der Waals surface area contributed by atoms with E-state index in [-0.39, 0.29) is 31.1 Å². The molecule has 6 heteroatoms. The van der Waals surface area contributed by atoms with Gasteiger partial charge in [0.15, 0.2) is 6.10 Å². The van der Waals surface area contributed by atoms with Crippen LogP contribution < -0.4 is 0 Å². The van der Waals surface area contributed by atoms with Crippen molar-refractivity contribution in [2.75, 3.05) is 13.2 Å². The molecule has 0 rings (SSSR count). The molecule has 0 fully saturated rings. The van der Waals surface area contributed by atoms with Gasteiger partial charge in [0.1, 0.15) is 13.2 Å². The van der Waals surface area contributed by atoms with Crippen LogP contribution in [0.15, 0.2) is 24.3 Å². The molecule has 1 atom stereocenters. The lowest BCUT2D eigenvalue weighted by Crippen LogP contribution is -2.30. The minimum atomic E-state index is -0.768. The van der Waals surface area contributed by atoms with Gasteiger partial charge in [-0.15, -0.1) is 0 Å². The molecule has 6 nitrogen and oxygen atoms in total. The summed E-state index contributed by atoms with van der Waals surface area (Å²) >= 11 is 0. The molecule has 0 amide bonds. The largest absolute Gasteiger partial charge is 0.462 e. The molecular weight excluding hydrogens is 901 g/mol. The Hall–Kier alpha value is -2.11. The van der Waals surface area contributed by atoms with Gasteiger partial charge in [-0.25, -0.2) is 0 Å². The Labute approximate surface area is 455 Å². The molecular formula is C67H126O6. The highest BCUT2D eigenvalue weighted by molar-refractivity contribution is 5.71. The third-order valence-electron chi connectivity index (χ3n) is 15.0. The second kappa shape index (κ2) is 62.4. The average Bonchev–Trinajstić information content (AvgIpc) is 3.39. The van der Waals surface area contributed by atoms with Crippen LogP contribution in [0, 0.1) is 0 Å². The normalized spacial score (nSPS) is 12.1. The van der Waals surface area contributed by atoms with E-state index in [4.69, 9.17) is 14.2 Å². The number of rotatable bonds is 61. The number of ether oxygens (including phenoxy) is 3. The van der Waals surface area contributed by atoms with E-state index in [2.05, 4.69) is 45.1 Å². The highest BCUT2D eigenvalue weighted by atomic mass is 16.6. The van der Waals surface area contributed by atoms with E-state index in [1.807, 2.05) is 0 Å². The van der Waals surface area contributed by atoms with Crippen LogP contribution in [0.3, 0.4) is 0 Å². The Kier molecular flexibility index (Phi) is 60.6. The minimum Gasteiger partial charge on any atom is -0.462 e. The van der Waals surface area contributed by atoms with Gasteiger partial charge in [-0.3, -0.25) is 14.4 Å². The maximum Gasteiger partial charge on any atom is 0.306 e. The van der Waals surface area contributed by atoms with Crippen molar-refractivity contribution in [2.45, 2.75) is 374 Å². The highest BCUT2D eigenvalue weighted by Crippen LogP contribution is 2.18. The van der Waals surface area contributed by atoms with Gasteiger partial charge in [-0.2, -0.15) is 0 Å². The van der Waals surface area contributed by atoms with Crippen molar-refractivity contribution in [3.63, 3.8) is 0 Å². The van der Waals surface area contributed by atoms with Gasteiger partial charge >= 0.3 is 17.9 Å². The Balaban J connectivity index is 4.00. The average molecular weight is 1030 g/mol. The quantitative estimate of drug-likeness (QED) is 0.0261. The molecule has 430 valence electrons. The first-order valence-electron chi connectivity index (χ1n) is 32.8. The van der Waals surface area contributed by atoms with Crippen molar-refractivity contribution in [3.8, 4) is 0 Å². The van der Waals surface area contributed by atoms with Crippen molar-refractivity contribution >= 4 is 17.9 Å². The van der Waals surface area contributed by atoms with Crippen molar-refractivity contribution in [1.82, 2.24) is 0 Å². The first kappa shape index (κ1) is 70.9. The maximum atomic E-state index is 12.8. The lowest BCUT2D eigenvalue weighted by atomic mass is 10.0. The number of allylic oxidation sites excluding steroid dienone is 4. The lowest BCUT2D eigenvalue weighted by Gasteiger charge is -2.18. The molecule has 1 unspecified atom stereocenters. The molecule has 0 aliphatic carbocycles. The second-order valence-corrected chi connectivity index (χ2v) is 22.4. The summed E-state index contributed by atoms with van der Waals surface area (Å²) in [5.41, 5.74) is 0. The number of hydrogen-bond acceptors (Lipinski definition) is 6. The van der Waals surface area contributed by atoms with Gasteiger partial charge in [-0.1, -0.05) is 321 Å². The molecule has 0 N–H and O–H groups in total. The Morgan fingerprint density at radius 1 is 0.274 bits per heavy atom. The molecule has 0 saturated carbocycles. The number of carbonyl (C=O) groups excluding carboxylic acids is 3. The van der Waals surface area contributed by atoms with Gasteiger partial charge < -0.3 is 14.2 Å². The molecule has 0 bridgehead atoms. The Morgan fingerprint density at radius 3 is 0.753 bits per heavy atom. The third kappa shape index (κ3) is 60.6. The number of carbonyl (C=O) groups is 3. The number of hydrogen-bond donors (Lipinski definition) is 0. The van der Waals surface area contributed by atoms with Gasteiger partial charge in [0, 0.05) is 19.3 Å². The summed E-state index contributed by atoms with van der Waals surface area (Å²) in [7, 11) is 0. The highest BCUT2D eigenvalue weighted by Gasteiger charge is 2.19. The second-order valence-electron chi connectivity index (χ2n) is 22.4. The first-order chi connectivity index (χ1) is 36.0. The summed E-state index contributed by atoms with van der Waals surface area (Å²) in [6.07, 6.45) is 75.2. The van der Waals surface area contributed by atoms with E-state index in [1.54, 1.807) is 0 Å². The summed E-state index contributed by atoms with van der Waals surface area (Å²) in [6, 6.07) is 0. The monoisotopic (exact) mass is 1030 g/mol.